The van der Waals surface area contributed by atoms with Crippen LogP contribution in [0.4, 0.5) is 0 Å². The van der Waals surface area contributed by atoms with E-state index >= 15 is 0 Å². The number of hydrogen-bond acceptors (Lipinski definition) is 7. The standard InChI is InChI=1S/C28H29N5S2Si/c1-36(2,3)16-15-35-28-32-19-25(20-33-28)27-30-17-24(18-31-27)23-7-5-21(6-8-23)22-9-11-26(12-10-22)34-14-4-13-29/h5-12,17-20H,4,14-16H2,1-3H3. The molecule has 0 N–H and O–H groups in total. The van der Waals surface area contributed by atoms with Crippen molar-refractivity contribution in [1.29, 1.82) is 5.26 Å². The molecule has 0 radical (unpaired) electrons. The third kappa shape index (κ3) is 7.50. The molecule has 0 bridgehead atoms. The van der Waals surface area contributed by atoms with Crippen molar-refractivity contribution in [1.82, 2.24) is 19.9 Å². The molecule has 5 nitrogen and oxygen atoms in total. The van der Waals surface area contributed by atoms with Gasteiger partial charge in [-0.05, 0) is 40.6 Å². The smallest absolute Gasteiger partial charge is 0.187 e. The molecule has 0 aliphatic heterocycles. The van der Waals surface area contributed by atoms with Gasteiger partial charge in [0.25, 0.3) is 0 Å². The summed E-state index contributed by atoms with van der Waals surface area (Å²) in [5.41, 5.74) is 5.18. The van der Waals surface area contributed by atoms with Gasteiger partial charge in [0.05, 0.1) is 11.6 Å². The Bertz CT molecular complexity index is 1300. The zero-order chi connectivity index (χ0) is 25.4. The SMILES string of the molecule is C[Si](C)(C)CCSc1ncc(-c2ncc(-c3ccc(-c4ccc(SCCC#N)cc4)cc3)cn2)cn1. The summed E-state index contributed by atoms with van der Waals surface area (Å²) < 4.78 is 0. The number of thioether (sulfide) groups is 2. The minimum Gasteiger partial charge on any atom is -0.236 e. The fraction of sp³-hybridized carbons (Fsp3) is 0.250. The highest BCUT2D eigenvalue weighted by molar-refractivity contribution is 7.99. The van der Waals surface area contributed by atoms with Gasteiger partial charge >= 0.3 is 0 Å². The lowest BCUT2D eigenvalue weighted by molar-refractivity contribution is 0.963. The second kappa shape index (κ2) is 12.3. The Hall–Kier alpha value is -2.99. The first-order valence-electron chi connectivity index (χ1n) is 11.9. The Kier molecular flexibility index (Phi) is 8.91. The Morgan fingerprint density at radius 3 is 1.75 bits per heavy atom. The van der Waals surface area contributed by atoms with Crippen molar-refractivity contribution < 1.29 is 0 Å². The Labute approximate surface area is 222 Å². The zero-order valence-electron chi connectivity index (χ0n) is 20.8. The molecule has 0 saturated carbocycles. The molecule has 4 aromatic rings. The molecule has 0 aliphatic rings. The average molecular weight is 528 g/mol. The van der Waals surface area contributed by atoms with E-state index in [-0.39, 0.29) is 0 Å². The van der Waals surface area contributed by atoms with Gasteiger partial charge in [0.1, 0.15) is 0 Å². The van der Waals surface area contributed by atoms with Crippen LogP contribution in [-0.2, 0) is 0 Å². The maximum absolute atomic E-state index is 8.68. The van der Waals surface area contributed by atoms with Gasteiger partial charge in [-0.3, -0.25) is 0 Å². The van der Waals surface area contributed by atoms with E-state index < -0.39 is 8.07 Å². The predicted molar refractivity (Wildman–Crippen MR) is 154 cm³/mol. The van der Waals surface area contributed by atoms with Crippen LogP contribution in [-0.4, -0.2) is 39.5 Å². The summed E-state index contributed by atoms with van der Waals surface area (Å²) in [6.07, 6.45) is 7.88. The molecule has 2 heterocycles. The van der Waals surface area contributed by atoms with E-state index in [1.165, 1.54) is 16.5 Å². The number of hydrogen-bond donors (Lipinski definition) is 0. The topological polar surface area (TPSA) is 75.3 Å². The van der Waals surface area contributed by atoms with Gasteiger partial charge in [-0.1, -0.05) is 67.8 Å². The van der Waals surface area contributed by atoms with Crippen LogP contribution in [0.5, 0.6) is 0 Å². The predicted octanol–water partition coefficient (Wildman–Crippen LogP) is 7.70. The molecule has 0 atom stereocenters. The first kappa shape index (κ1) is 26.1. The van der Waals surface area contributed by atoms with Gasteiger partial charge in [-0.2, -0.15) is 5.26 Å². The van der Waals surface area contributed by atoms with E-state index in [1.807, 2.05) is 12.4 Å². The largest absolute Gasteiger partial charge is 0.236 e. The number of nitrogens with zero attached hydrogens (tertiary/aromatic N) is 5. The summed E-state index contributed by atoms with van der Waals surface area (Å²) in [6.45, 7) is 7.14. The fourth-order valence-electron chi connectivity index (χ4n) is 3.39. The Balaban J connectivity index is 1.37. The number of benzene rings is 2. The van der Waals surface area contributed by atoms with Crippen LogP contribution in [0.2, 0.25) is 25.7 Å². The monoisotopic (exact) mass is 527 g/mol. The lowest BCUT2D eigenvalue weighted by Gasteiger charge is -2.14. The van der Waals surface area contributed by atoms with E-state index in [1.54, 1.807) is 35.9 Å². The summed E-state index contributed by atoms with van der Waals surface area (Å²) in [4.78, 5) is 19.3. The van der Waals surface area contributed by atoms with Gasteiger partial charge < -0.3 is 0 Å². The van der Waals surface area contributed by atoms with E-state index in [0.717, 1.165) is 38.9 Å². The number of aromatic nitrogens is 4. The minimum atomic E-state index is -1.04. The number of nitriles is 1. The van der Waals surface area contributed by atoms with Crippen molar-refractivity contribution in [2.45, 2.75) is 42.2 Å². The number of rotatable bonds is 10. The second-order valence-electron chi connectivity index (χ2n) is 9.57. The van der Waals surface area contributed by atoms with Crippen LogP contribution >= 0.6 is 23.5 Å². The zero-order valence-corrected chi connectivity index (χ0v) is 23.4. The summed E-state index contributed by atoms with van der Waals surface area (Å²) in [6, 6.07) is 20.3. The normalized spacial score (nSPS) is 11.3. The van der Waals surface area contributed by atoms with Gasteiger partial charge in [0.2, 0.25) is 0 Å². The molecule has 0 saturated heterocycles. The molecule has 36 heavy (non-hydrogen) atoms. The fourth-order valence-corrected chi connectivity index (χ4v) is 7.45. The summed E-state index contributed by atoms with van der Waals surface area (Å²) in [5, 5.41) is 9.49. The van der Waals surface area contributed by atoms with Crippen LogP contribution in [0.3, 0.4) is 0 Å². The molecule has 4 rings (SSSR count). The lowest BCUT2D eigenvalue weighted by atomic mass is 10.0. The van der Waals surface area contributed by atoms with E-state index in [2.05, 4.69) is 94.2 Å². The molecule has 0 fully saturated rings. The lowest BCUT2D eigenvalue weighted by Crippen LogP contribution is -2.19. The third-order valence-electron chi connectivity index (χ3n) is 5.51. The van der Waals surface area contributed by atoms with Crippen molar-refractivity contribution in [2.75, 3.05) is 11.5 Å². The maximum atomic E-state index is 8.68. The second-order valence-corrected chi connectivity index (χ2v) is 17.4. The van der Waals surface area contributed by atoms with Gasteiger partial charge in [-0.15, -0.1) is 11.8 Å². The molecule has 2 aromatic carbocycles. The Morgan fingerprint density at radius 1 is 0.667 bits per heavy atom. The van der Waals surface area contributed by atoms with Crippen molar-refractivity contribution in [3.63, 3.8) is 0 Å². The molecule has 0 aliphatic carbocycles. The van der Waals surface area contributed by atoms with Crippen LogP contribution in [0, 0.1) is 11.3 Å². The van der Waals surface area contributed by atoms with E-state index in [0.29, 0.717) is 12.2 Å². The molecule has 2 aromatic heterocycles. The van der Waals surface area contributed by atoms with Crippen molar-refractivity contribution >= 4 is 31.6 Å². The summed E-state index contributed by atoms with van der Waals surface area (Å²) in [7, 11) is -1.04. The highest BCUT2D eigenvalue weighted by Crippen LogP contribution is 2.27. The molecular formula is C28H29N5S2Si. The van der Waals surface area contributed by atoms with Gasteiger partial charge in [0.15, 0.2) is 11.0 Å². The average Bonchev–Trinajstić information content (AvgIpc) is 2.89. The van der Waals surface area contributed by atoms with Crippen LogP contribution in [0.15, 0.2) is 83.4 Å². The van der Waals surface area contributed by atoms with Crippen molar-refractivity contribution in [3.05, 3.63) is 73.3 Å². The third-order valence-corrected chi connectivity index (χ3v) is 9.51. The highest BCUT2D eigenvalue weighted by atomic mass is 32.2. The van der Waals surface area contributed by atoms with Crippen molar-refractivity contribution in [3.8, 4) is 39.7 Å². The van der Waals surface area contributed by atoms with Crippen molar-refractivity contribution in [2.24, 2.45) is 0 Å². The minimum absolute atomic E-state index is 0.566. The first-order chi connectivity index (χ1) is 17.4. The quantitative estimate of drug-likeness (QED) is 0.0905. The molecule has 0 unspecified atom stereocenters. The summed E-state index contributed by atoms with van der Waals surface area (Å²) >= 11 is 3.42. The molecular weight excluding hydrogens is 499 g/mol. The van der Waals surface area contributed by atoms with E-state index in [9.17, 15) is 0 Å². The first-order valence-corrected chi connectivity index (χ1v) is 17.6. The molecule has 182 valence electrons. The maximum Gasteiger partial charge on any atom is 0.187 e. The highest BCUT2D eigenvalue weighted by Gasteiger charge is 2.13. The van der Waals surface area contributed by atoms with Crippen LogP contribution < -0.4 is 0 Å². The summed E-state index contributed by atoms with van der Waals surface area (Å²) in [5.74, 6) is 2.51. The van der Waals surface area contributed by atoms with E-state index in [4.69, 9.17) is 5.26 Å². The molecule has 0 spiro atoms. The van der Waals surface area contributed by atoms with Crippen LogP contribution in [0.1, 0.15) is 6.42 Å². The molecule has 8 heteroatoms. The van der Waals surface area contributed by atoms with Crippen LogP contribution in [0.25, 0.3) is 33.6 Å². The molecule has 0 amide bonds. The van der Waals surface area contributed by atoms with Gasteiger partial charge in [0, 0.05) is 55.5 Å². The Morgan fingerprint density at radius 2 is 1.19 bits per heavy atom. The van der Waals surface area contributed by atoms with Gasteiger partial charge in [-0.25, -0.2) is 19.9 Å².